The van der Waals surface area contributed by atoms with Crippen molar-refractivity contribution in [3.63, 3.8) is 0 Å². The molecule has 1 aliphatic rings. The topological polar surface area (TPSA) is 6.48 Å². The molecule has 0 aromatic heterocycles. The SMILES string of the molecule is CCCCCCCCCCCCCCCCCCCCCCN1CCC(CN(CCC)CCC)CC1. The van der Waals surface area contributed by atoms with Gasteiger partial charge in [-0.25, -0.2) is 0 Å². The van der Waals surface area contributed by atoms with Crippen LogP contribution in [0, 0.1) is 5.92 Å². The van der Waals surface area contributed by atoms with Crippen LogP contribution < -0.4 is 0 Å². The lowest BCUT2D eigenvalue weighted by atomic mass is 9.95. The van der Waals surface area contributed by atoms with Crippen molar-refractivity contribution in [1.82, 2.24) is 9.80 Å². The first-order chi connectivity index (χ1) is 17.8. The van der Waals surface area contributed by atoms with Gasteiger partial charge < -0.3 is 9.80 Å². The fourth-order valence-electron chi connectivity index (χ4n) is 6.28. The van der Waals surface area contributed by atoms with E-state index in [4.69, 9.17) is 0 Å². The van der Waals surface area contributed by atoms with E-state index in [9.17, 15) is 0 Å². The van der Waals surface area contributed by atoms with Gasteiger partial charge in [-0.15, -0.1) is 0 Å². The van der Waals surface area contributed by atoms with E-state index in [1.807, 2.05) is 0 Å². The minimum Gasteiger partial charge on any atom is -0.303 e. The Balaban J connectivity index is 1.77. The quantitative estimate of drug-likeness (QED) is 0.102. The average Bonchev–Trinajstić information content (AvgIpc) is 2.89. The number of unbranched alkanes of at least 4 members (excludes halogenated alkanes) is 19. The van der Waals surface area contributed by atoms with Crippen molar-refractivity contribution >= 4 is 0 Å². The van der Waals surface area contributed by atoms with Crippen LogP contribution >= 0.6 is 0 Å². The summed E-state index contributed by atoms with van der Waals surface area (Å²) in [5, 5.41) is 0. The summed E-state index contributed by atoms with van der Waals surface area (Å²) in [7, 11) is 0. The Bertz CT molecular complexity index is 409. The van der Waals surface area contributed by atoms with Gasteiger partial charge in [-0.1, -0.05) is 143 Å². The summed E-state index contributed by atoms with van der Waals surface area (Å²) in [5.74, 6) is 0.953. The summed E-state index contributed by atoms with van der Waals surface area (Å²) >= 11 is 0. The number of hydrogen-bond acceptors (Lipinski definition) is 2. The summed E-state index contributed by atoms with van der Waals surface area (Å²) in [4.78, 5) is 5.48. The van der Waals surface area contributed by atoms with E-state index >= 15 is 0 Å². The summed E-state index contributed by atoms with van der Waals surface area (Å²) < 4.78 is 0. The smallest absolute Gasteiger partial charge is 0.00106 e. The van der Waals surface area contributed by atoms with E-state index in [0.717, 1.165) is 5.92 Å². The summed E-state index contributed by atoms with van der Waals surface area (Å²) in [6.45, 7) is 15.0. The van der Waals surface area contributed by atoms with E-state index in [-0.39, 0.29) is 0 Å². The zero-order valence-corrected chi connectivity index (χ0v) is 25.7. The Labute approximate surface area is 229 Å². The van der Waals surface area contributed by atoms with E-state index < -0.39 is 0 Å². The van der Waals surface area contributed by atoms with Crippen LogP contribution in [-0.4, -0.2) is 49.1 Å². The second-order valence-electron chi connectivity index (χ2n) is 12.3. The normalized spacial score (nSPS) is 15.3. The first-order valence-corrected chi connectivity index (χ1v) is 17.2. The Kier molecular flexibility index (Phi) is 25.0. The van der Waals surface area contributed by atoms with Gasteiger partial charge in [0.25, 0.3) is 0 Å². The van der Waals surface area contributed by atoms with Gasteiger partial charge in [-0.05, 0) is 70.7 Å². The van der Waals surface area contributed by atoms with Gasteiger partial charge in [0.2, 0.25) is 0 Å². The fourth-order valence-corrected chi connectivity index (χ4v) is 6.28. The number of piperidine rings is 1. The van der Waals surface area contributed by atoms with Gasteiger partial charge in [-0.3, -0.25) is 0 Å². The molecule has 2 heteroatoms. The minimum absolute atomic E-state index is 0.953. The molecule has 0 amide bonds. The molecule has 0 atom stereocenters. The molecule has 1 heterocycles. The third kappa shape index (κ3) is 20.9. The van der Waals surface area contributed by atoms with Crippen LogP contribution in [-0.2, 0) is 0 Å². The molecule has 1 fully saturated rings. The predicted octanol–water partition coefficient (Wildman–Crippen LogP) is 10.6. The van der Waals surface area contributed by atoms with Crippen molar-refractivity contribution in [2.24, 2.45) is 5.92 Å². The minimum atomic E-state index is 0.953. The van der Waals surface area contributed by atoms with Gasteiger partial charge in [0.05, 0.1) is 0 Å². The molecule has 1 aliphatic heterocycles. The van der Waals surface area contributed by atoms with Crippen LogP contribution in [0.1, 0.15) is 175 Å². The number of rotatable bonds is 27. The number of nitrogens with zero attached hydrogens (tertiary/aromatic N) is 2. The zero-order chi connectivity index (χ0) is 25.9. The molecule has 0 bridgehead atoms. The molecule has 0 spiro atoms. The van der Waals surface area contributed by atoms with Crippen molar-refractivity contribution in [2.45, 2.75) is 175 Å². The number of hydrogen-bond donors (Lipinski definition) is 0. The Hall–Kier alpha value is -0.0800. The molecule has 0 aliphatic carbocycles. The van der Waals surface area contributed by atoms with Crippen LogP contribution in [0.2, 0.25) is 0 Å². The molecule has 1 saturated heterocycles. The predicted molar refractivity (Wildman–Crippen MR) is 164 cm³/mol. The molecule has 0 saturated carbocycles. The van der Waals surface area contributed by atoms with E-state index in [1.165, 1.54) is 193 Å². The van der Waals surface area contributed by atoms with Crippen molar-refractivity contribution in [3.05, 3.63) is 0 Å². The van der Waals surface area contributed by atoms with Crippen LogP contribution in [0.15, 0.2) is 0 Å². The fraction of sp³-hybridized carbons (Fsp3) is 1.00. The summed E-state index contributed by atoms with van der Waals surface area (Å²) in [6.07, 6.45) is 34.9. The Morgan fingerprint density at radius 2 is 0.833 bits per heavy atom. The van der Waals surface area contributed by atoms with E-state index in [2.05, 4.69) is 30.6 Å². The number of likely N-dealkylation sites (tertiary alicyclic amines) is 1. The molecule has 36 heavy (non-hydrogen) atoms. The lowest BCUT2D eigenvalue weighted by Gasteiger charge is -2.35. The molecule has 0 aromatic rings. The molecule has 0 N–H and O–H groups in total. The lowest BCUT2D eigenvalue weighted by Crippen LogP contribution is -2.39. The summed E-state index contributed by atoms with van der Waals surface area (Å²) in [5.41, 5.74) is 0. The highest BCUT2D eigenvalue weighted by atomic mass is 15.1. The van der Waals surface area contributed by atoms with Crippen LogP contribution in [0.25, 0.3) is 0 Å². The van der Waals surface area contributed by atoms with Crippen LogP contribution in [0.4, 0.5) is 0 Å². The molecule has 2 nitrogen and oxygen atoms in total. The standard InChI is InChI=1S/C34H70N2/c1-4-7-8-9-10-11-12-13-14-15-16-17-18-19-20-21-22-23-24-25-30-35-31-26-34(27-32-35)33-36(28-5-2)29-6-3/h34H,4-33H2,1-3H3. The van der Waals surface area contributed by atoms with Crippen molar-refractivity contribution in [1.29, 1.82) is 0 Å². The second-order valence-corrected chi connectivity index (χ2v) is 12.3. The maximum Gasteiger partial charge on any atom is 0.00106 e. The Morgan fingerprint density at radius 1 is 0.472 bits per heavy atom. The lowest BCUT2D eigenvalue weighted by molar-refractivity contribution is 0.141. The van der Waals surface area contributed by atoms with Gasteiger partial charge in [0.1, 0.15) is 0 Å². The average molecular weight is 507 g/mol. The van der Waals surface area contributed by atoms with Crippen molar-refractivity contribution in [2.75, 3.05) is 39.3 Å². The van der Waals surface area contributed by atoms with Crippen molar-refractivity contribution < 1.29 is 0 Å². The van der Waals surface area contributed by atoms with Crippen LogP contribution in [0.3, 0.4) is 0 Å². The first-order valence-electron chi connectivity index (χ1n) is 17.2. The molecule has 0 aromatic carbocycles. The highest BCUT2D eigenvalue weighted by Gasteiger charge is 2.20. The molecular formula is C34H70N2. The van der Waals surface area contributed by atoms with Gasteiger partial charge >= 0.3 is 0 Å². The van der Waals surface area contributed by atoms with Crippen LogP contribution in [0.5, 0.6) is 0 Å². The maximum absolute atomic E-state index is 2.76. The maximum atomic E-state index is 2.76. The monoisotopic (exact) mass is 507 g/mol. The second kappa shape index (κ2) is 26.5. The van der Waals surface area contributed by atoms with Gasteiger partial charge in [0, 0.05) is 6.54 Å². The van der Waals surface area contributed by atoms with E-state index in [1.54, 1.807) is 0 Å². The molecule has 0 unspecified atom stereocenters. The highest BCUT2D eigenvalue weighted by Crippen LogP contribution is 2.20. The highest BCUT2D eigenvalue weighted by molar-refractivity contribution is 4.75. The summed E-state index contributed by atoms with van der Waals surface area (Å²) in [6, 6.07) is 0. The molecular weight excluding hydrogens is 436 g/mol. The zero-order valence-electron chi connectivity index (χ0n) is 25.7. The Morgan fingerprint density at radius 3 is 1.19 bits per heavy atom. The first kappa shape index (κ1) is 33.9. The largest absolute Gasteiger partial charge is 0.303 e. The molecule has 0 radical (unpaired) electrons. The van der Waals surface area contributed by atoms with E-state index in [0.29, 0.717) is 0 Å². The molecule has 1 rings (SSSR count). The third-order valence-corrected chi connectivity index (χ3v) is 8.63. The third-order valence-electron chi connectivity index (χ3n) is 8.63. The van der Waals surface area contributed by atoms with Crippen molar-refractivity contribution in [3.8, 4) is 0 Å². The van der Waals surface area contributed by atoms with Gasteiger partial charge in [0.15, 0.2) is 0 Å². The molecule has 216 valence electrons. The van der Waals surface area contributed by atoms with Gasteiger partial charge in [-0.2, -0.15) is 0 Å².